The number of hydrogen-bond donors (Lipinski definition) is 2. The Morgan fingerprint density at radius 3 is 2.80 bits per heavy atom. The number of carbonyl (C=O) groups is 1. The molecule has 0 unspecified atom stereocenters. The Morgan fingerprint density at radius 2 is 2.20 bits per heavy atom. The molecule has 0 saturated carbocycles. The van der Waals surface area contributed by atoms with Crippen LogP contribution < -0.4 is 5.32 Å². The third-order valence-electron chi connectivity index (χ3n) is 3.44. The zero-order valence-corrected chi connectivity index (χ0v) is 13.6. The first-order chi connectivity index (χ1) is 9.48. The zero-order valence-electron chi connectivity index (χ0n) is 12.0. The average Bonchev–Trinajstić information content (AvgIpc) is 2.86. The van der Waals surface area contributed by atoms with Crippen molar-refractivity contribution in [3.8, 4) is 0 Å². The van der Waals surface area contributed by atoms with Crippen molar-refractivity contribution in [2.75, 3.05) is 18.1 Å². The summed E-state index contributed by atoms with van der Waals surface area (Å²) in [5.74, 6) is 2.28. The fraction of sp³-hybridized carbons (Fsp3) is 0.714. The first-order valence-corrected chi connectivity index (χ1v) is 9.03. The maximum atomic E-state index is 11.9. The molecule has 0 aliphatic carbocycles. The lowest BCUT2D eigenvalue weighted by atomic mass is 9.97. The van der Waals surface area contributed by atoms with Gasteiger partial charge in [0.25, 0.3) is 0 Å². The fourth-order valence-corrected chi connectivity index (χ4v) is 4.17. The number of thiazole rings is 1. The maximum absolute atomic E-state index is 11.9. The van der Waals surface area contributed by atoms with Gasteiger partial charge in [-0.1, -0.05) is 13.8 Å². The van der Waals surface area contributed by atoms with Crippen LogP contribution in [0.2, 0.25) is 0 Å². The molecule has 1 aliphatic heterocycles. The van der Waals surface area contributed by atoms with Crippen LogP contribution >= 0.6 is 23.1 Å². The quantitative estimate of drug-likeness (QED) is 0.874. The van der Waals surface area contributed by atoms with E-state index in [4.69, 9.17) is 0 Å². The van der Waals surface area contributed by atoms with Crippen LogP contribution in [0.5, 0.6) is 0 Å². The van der Waals surface area contributed by atoms with Crippen molar-refractivity contribution < 1.29 is 9.90 Å². The smallest absolute Gasteiger partial charge is 0.226 e. The number of rotatable bonds is 5. The van der Waals surface area contributed by atoms with Crippen LogP contribution in [0.25, 0.3) is 0 Å². The second kappa shape index (κ2) is 6.91. The number of thioether (sulfide) groups is 1. The molecule has 1 aliphatic rings. The topological polar surface area (TPSA) is 62.2 Å². The molecule has 4 nitrogen and oxygen atoms in total. The normalized spacial score (nSPS) is 18.2. The molecule has 2 heterocycles. The number of amides is 1. The lowest BCUT2D eigenvalue weighted by molar-refractivity contribution is -0.121. The molecule has 1 aromatic rings. The largest absolute Gasteiger partial charge is 0.388 e. The average molecular weight is 314 g/mol. The van der Waals surface area contributed by atoms with Gasteiger partial charge >= 0.3 is 0 Å². The van der Waals surface area contributed by atoms with Crippen LogP contribution in [0.15, 0.2) is 5.38 Å². The SMILES string of the molecule is CC(C)c1nc(CC(=O)NCC2(O)CCSCC2)cs1. The van der Waals surface area contributed by atoms with Gasteiger partial charge < -0.3 is 10.4 Å². The Balaban J connectivity index is 1.79. The zero-order chi connectivity index (χ0) is 14.6. The summed E-state index contributed by atoms with van der Waals surface area (Å²) in [5.41, 5.74) is 0.105. The minimum absolute atomic E-state index is 0.0581. The molecule has 6 heteroatoms. The maximum Gasteiger partial charge on any atom is 0.226 e. The highest BCUT2D eigenvalue weighted by Crippen LogP contribution is 2.26. The van der Waals surface area contributed by atoms with Crippen LogP contribution in [-0.4, -0.2) is 39.6 Å². The lowest BCUT2D eigenvalue weighted by Gasteiger charge is -2.31. The summed E-state index contributed by atoms with van der Waals surface area (Å²) in [6.07, 6.45) is 1.81. The summed E-state index contributed by atoms with van der Waals surface area (Å²) in [6, 6.07) is 0. The Morgan fingerprint density at radius 1 is 1.50 bits per heavy atom. The van der Waals surface area contributed by atoms with Crippen molar-refractivity contribution >= 4 is 29.0 Å². The Hall–Kier alpha value is -0.590. The van der Waals surface area contributed by atoms with Crippen molar-refractivity contribution in [2.45, 2.75) is 44.6 Å². The van der Waals surface area contributed by atoms with E-state index >= 15 is 0 Å². The van der Waals surface area contributed by atoms with Gasteiger partial charge in [-0.15, -0.1) is 11.3 Å². The number of nitrogens with zero attached hydrogens (tertiary/aromatic N) is 1. The molecule has 2 rings (SSSR count). The van der Waals surface area contributed by atoms with E-state index in [1.807, 2.05) is 17.1 Å². The molecular weight excluding hydrogens is 292 g/mol. The second-order valence-electron chi connectivity index (χ2n) is 5.62. The van der Waals surface area contributed by atoms with Gasteiger partial charge in [0.2, 0.25) is 5.91 Å². The lowest BCUT2D eigenvalue weighted by Crippen LogP contribution is -2.45. The molecule has 1 aromatic heterocycles. The third-order valence-corrected chi connectivity index (χ3v) is 5.62. The van der Waals surface area contributed by atoms with Gasteiger partial charge in [-0.05, 0) is 24.3 Å². The van der Waals surface area contributed by atoms with E-state index in [0.29, 0.717) is 18.9 Å². The second-order valence-corrected chi connectivity index (χ2v) is 7.74. The number of aliphatic hydroxyl groups is 1. The van der Waals surface area contributed by atoms with E-state index in [-0.39, 0.29) is 5.91 Å². The first kappa shape index (κ1) is 15.8. The molecule has 0 aromatic carbocycles. The van der Waals surface area contributed by atoms with E-state index in [1.54, 1.807) is 11.3 Å². The van der Waals surface area contributed by atoms with Crippen LogP contribution in [0.3, 0.4) is 0 Å². The number of hydrogen-bond acceptors (Lipinski definition) is 5. The Kier molecular flexibility index (Phi) is 5.46. The number of aromatic nitrogens is 1. The van der Waals surface area contributed by atoms with Crippen molar-refractivity contribution in [3.63, 3.8) is 0 Å². The van der Waals surface area contributed by atoms with Crippen molar-refractivity contribution in [2.24, 2.45) is 0 Å². The Labute approximate surface area is 128 Å². The predicted octanol–water partition coefficient (Wildman–Crippen LogP) is 2.18. The Bertz CT molecular complexity index is 454. The molecule has 112 valence electrons. The molecule has 0 spiro atoms. The van der Waals surface area contributed by atoms with Gasteiger partial charge in [-0.2, -0.15) is 11.8 Å². The molecule has 0 atom stereocenters. The van der Waals surface area contributed by atoms with Gasteiger partial charge in [0, 0.05) is 17.8 Å². The van der Waals surface area contributed by atoms with Crippen molar-refractivity contribution in [1.29, 1.82) is 0 Å². The van der Waals surface area contributed by atoms with Crippen molar-refractivity contribution in [1.82, 2.24) is 10.3 Å². The summed E-state index contributed by atoms with van der Waals surface area (Å²) >= 11 is 3.46. The highest BCUT2D eigenvalue weighted by Gasteiger charge is 2.29. The van der Waals surface area contributed by atoms with Gasteiger partial charge in [0.05, 0.1) is 22.7 Å². The van der Waals surface area contributed by atoms with Crippen LogP contribution in [0, 0.1) is 0 Å². The van der Waals surface area contributed by atoms with Crippen molar-refractivity contribution in [3.05, 3.63) is 16.1 Å². The molecular formula is C14H22N2O2S2. The third kappa shape index (κ3) is 4.46. The monoisotopic (exact) mass is 314 g/mol. The highest BCUT2D eigenvalue weighted by molar-refractivity contribution is 7.99. The van der Waals surface area contributed by atoms with Gasteiger partial charge in [-0.25, -0.2) is 4.98 Å². The summed E-state index contributed by atoms with van der Waals surface area (Å²) in [7, 11) is 0. The molecule has 0 bridgehead atoms. The minimum Gasteiger partial charge on any atom is -0.388 e. The molecule has 1 fully saturated rings. The van der Waals surface area contributed by atoms with Crippen LogP contribution in [0.4, 0.5) is 0 Å². The standard InChI is InChI=1S/C14H22N2O2S2/c1-10(2)13-16-11(8-20-13)7-12(17)15-9-14(18)3-5-19-6-4-14/h8,10,18H,3-7,9H2,1-2H3,(H,15,17). The number of carbonyl (C=O) groups excluding carboxylic acids is 1. The predicted molar refractivity (Wildman–Crippen MR) is 84.4 cm³/mol. The number of nitrogens with one attached hydrogen (secondary N) is 1. The van der Waals surface area contributed by atoms with E-state index < -0.39 is 5.60 Å². The summed E-state index contributed by atoms with van der Waals surface area (Å²) < 4.78 is 0. The summed E-state index contributed by atoms with van der Waals surface area (Å²) in [6.45, 7) is 4.55. The van der Waals surface area contributed by atoms with E-state index in [2.05, 4.69) is 24.1 Å². The molecule has 1 amide bonds. The van der Waals surface area contributed by atoms with Gasteiger partial charge in [0.1, 0.15) is 0 Å². The molecule has 20 heavy (non-hydrogen) atoms. The highest BCUT2D eigenvalue weighted by atomic mass is 32.2. The van der Waals surface area contributed by atoms with Gasteiger partial charge in [0.15, 0.2) is 0 Å². The van der Waals surface area contributed by atoms with E-state index in [1.165, 1.54) is 0 Å². The van der Waals surface area contributed by atoms with Crippen LogP contribution in [-0.2, 0) is 11.2 Å². The summed E-state index contributed by atoms with van der Waals surface area (Å²) in [4.78, 5) is 16.4. The first-order valence-electron chi connectivity index (χ1n) is 7.00. The van der Waals surface area contributed by atoms with Crippen LogP contribution in [0.1, 0.15) is 43.3 Å². The molecule has 0 radical (unpaired) electrons. The fourth-order valence-electron chi connectivity index (χ4n) is 2.09. The van der Waals surface area contributed by atoms with Gasteiger partial charge in [-0.3, -0.25) is 4.79 Å². The molecule has 1 saturated heterocycles. The van der Waals surface area contributed by atoms with E-state index in [9.17, 15) is 9.90 Å². The minimum atomic E-state index is -0.716. The summed E-state index contributed by atoms with van der Waals surface area (Å²) in [5, 5.41) is 16.2. The molecule has 2 N–H and O–H groups in total. The van der Waals surface area contributed by atoms with E-state index in [0.717, 1.165) is 35.0 Å².